The van der Waals surface area contributed by atoms with Gasteiger partial charge in [0.05, 0.1) is 11.5 Å². The van der Waals surface area contributed by atoms with Crippen molar-refractivity contribution in [3.63, 3.8) is 0 Å². The number of likely N-dealkylation sites (tertiary alicyclic amines) is 2. The van der Waals surface area contributed by atoms with E-state index in [9.17, 15) is 8.42 Å². The van der Waals surface area contributed by atoms with Crippen molar-refractivity contribution >= 4 is 10.0 Å². The summed E-state index contributed by atoms with van der Waals surface area (Å²) >= 11 is 0. The molecule has 0 radical (unpaired) electrons. The predicted octanol–water partition coefficient (Wildman–Crippen LogP) is 6.31. The minimum atomic E-state index is -3.53. The molecule has 2 heterocycles. The number of aryl methyl sites for hydroxylation is 1. The maximum absolute atomic E-state index is 12.9. The van der Waals surface area contributed by atoms with Gasteiger partial charge in [-0.3, -0.25) is 0 Å². The molecule has 0 spiro atoms. The van der Waals surface area contributed by atoms with Crippen LogP contribution < -0.4 is 15.2 Å². The molecule has 5 rings (SSSR count). The van der Waals surface area contributed by atoms with Crippen LogP contribution in [-0.2, 0) is 29.3 Å². The highest BCUT2D eigenvalue weighted by Gasteiger charge is 2.21. The van der Waals surface area contributed by atoms with Crippen LogP contribution in [-0.4, -0.2) is 77.2 Å². The molecule has 0 aromatic heterocycles. The Bertz CT molecular complexity index is 1430. The smallest absolute Gasteiger partial charge is 0.240 e. The summed E-state index contributed by atoms with van der Waals surface area (Å²) in [5.41, 5.74) is 9.96. The third-order valence-corrected chi connectivity index (χ3v) is 11.7. The number of unbranched alkanes of at least 4 members (excludes halogenated alkanes) is 1. The number of nitrogens with one attached hydrogen (secondary N) is 1. The molecule has 7 nitrogen and oxygen atoms in total. The summed E-state index contributed by atoms with van der Waals surface area (Å²) in [5.74, 6) is 2.23. The molecule has 2 aliphatic heterocycles. The molecule has 2 fully saturated rings. The summed E-state index contributed by atoms with van der Waals surface area (Å²) in [7, 11) is -3.53. The van der Waals surface area contributed by atoms with E-state index in [1.54, 1.807) is 24.3 Å². The molecule has 262 valence electrons. The van der Waals surface area contributed by atoms with Crippen LogP contribution in [0.15, 0.2) is 83.8 Å². The molecule has 0 bridgehead atoms. The molecule has 0 saturated carbocycles. The van der Waals surface area contributed by atoms with E-state index in [0.29, 0.717) is 18.9 Å². The van der Waals surface area contributed by atoms with Gasteiger partial charge in [-0.15, -0.1) is 0 Å². The molecule has 48 heavy (non-hydrogen) atoms. The number of rotatable bonds is 19. The Morgan fingerprint density at radius 1 is 0.688 bits per heavy atom. The zero-order valence-electron chi connectivity index (χ0n) is 28.9. The number of hydrogen-bond acceptors (Lipinski definition) is 6. The summed E-state index contributed by atoms with van der Waals surface area (Å²) in [4.78, 5) is 5.32. The highest BCUT2D eigenvalue weighted by molar-refractivity contribution is 7.89. The minimum absolute atomic E-state index is 0.286. The van der Waals surface area contributed by atoms with Crippen LogP contribution in [0.1, 0.15) is 68.1 Å². The van der Waals surface area contributed by atoms with E-state index in [4.69, 9.17) is 10.5 Å². The molecular weight excluding hydrogens is 617 g/mol. The van der Waals surface area contributed by atoms with Gasteiger partial charge >= 0.3 is 0 Å². The highest BCUT2D eigenvalue weighted by Crippen LogP contribution is 2.24. The fourth-order valence-corrected chi connectivity index (χ4v) is 8.34. The molecule has 3 aromatic carbocycles. The fraction of sp³-hybridized carbons (Fsp3) is 0.550. The molecule has 0 unspecified atom stereocenters. The molecule has 0 aliphatic carbocycles. The number of piperidine rings is 2. The van der Waals surface area contributed by atoms with Crippen molar-refractivity contribution in [2.75, 3.05) is 59.0 Å². The van der Waals surface area contributed by atoms with Crippen LogP contribution in [0.2, 0.25) is 0 Å². The lowest BCUT2D eigenvalue weighted by Crippen LogP contribution is -2.36. The van der Waals surface area contributed by atoms with Crippen molar-refractivity contribution in [3.8, 4) is 5.75 Å². The van der Waals surface area contributed by atoms with Gasteiger partial charge < -0.3 is 20.3 Å². The zero-order chi connectivity index (χ0) is 33.4. The first-order valence-corrected chi connectivity index (χ1v) is 19.9. The first kappa shape index (κ1) is 36.5. The summed E-state index contributed by atoms with van der Waals surface area (Å²) in [6, 6.07) is 26.7. The van der Waals surface area contributed by atoms with Crippen LogP contribution in [0.25, 0.3) is 0 Å². The summed E-state index contributed by atoms with van der Waals surface area (Å²) in [5, 5.41) is 0. The number of nitrogens with two attached hydrogens (primary N) is 1. The molecule has 0 atom stereocenters. The van der Waals surface area contributed by atoms with E-state index in [1.165, 1.54) is 61.9 Å². The molecule has 8 heteroatoms. The Hall–Kier alpha value is -2.75. The SMILES string of the molecule is NCCCN1CCC(Cc2cccc(CCCCOc3ccc(S(=O)(=O)NCCCN4CCC(Cc5ccccc5)CC4)cc3)c2)CC1. The van der Waals surface area contributed by atoms with Gasteiger partial charge in [0.15, 0.2) is 0 Å². The molecule has 2 aliphatic rings. The third-order valence-electron chi connectivity index (χ3n) is 10.2. The lowest BCUT2D eigenvalue weighted by atomic mass is 9.89. The van der Waals surface area contributed by atoms with E-state index in [0.717, 1.165) is 83.1 Å². The second-order valence-electron chi connectivity index (χ2n) is 14.0. The molecule has 3 N–H and O–H groups in total. The van der Waals surface area contributed by atoms with Crippen LogP contribution >= 0.6 is 0 Å². The highest BCUT2D eigenvalue weighted by atomic mass is 32.2. The van der Waals surface area contributed by atoms with Crippen molar-refractivity contribution in [1.29, 1.82) is 0 Å². The van der Waals surface area contributed by atoms with E-state index >= 15 is 0 Å². The molecule has 2 saturated heterocycles. The lowest BCUT2D eigenvalue weighted by Gasteiger charge is -2.32. The van der Waals surface area contributed by atoms with Gasteiger partial charge in [0.2, 0.25) is 10.0 Å². The Morgan fingerprint density at radius 3 is 1.96 bits per heavy atom. The van der Waals surface area contributed by atoms with Crippen LogP contribution in [0.5, 0.6) is 5.75 Å². The van der Waals surface area contributed by atoms with E-state index < -0.39 is 10.0 Å². The fourth-order valence-electron chi connectivity index (χ4n) is 7.26. The average Bonchev–Trinajstić information content (AvgIpc) is 3.11. The summed E-state index contributed by atoms with van der Waals surface area (Å²) < 4.78 is 34.4. The predicted molar refractivity (Wildman–Crippen MR) is 197 cm³/mol. The Kier molecular flexibility index (Phi) is 14.8. The van der Waals surface area contributed by atoms with Crippen LogP contribution in [0, 0.1) is 11.8 Å². The van der Waals surface area contributed by atoms with Crippen molar-refractivity contribution in [3.05, 3.63) is 95.6 Å². The number of sulfonamides is 1. The summed E-state index contributed by atoms with van der Waals surface area (Å²) in [6.45, 7) is 8.51. The van der Waals surface area contributed by atoms with Gasteiger partial charge in [0.1, 0.15) is 5.75 Å². The standard InChI is InChI=1S/C40H58N4O3S/c41-22-7-24-43-26-20-37(21-27-43)33-38-13-6-12-35(32-38)11-4-5-30-47-39-14-16-40(17-15-39)48(45,46)42-23-8-25-44-28-18-36(19-29-44)31-34-9-2-1-3-10-34/h1-3,6,9-10,12-17,32,36-37,42H,4-5,7-8,11,18-31,33,41H2. The Morgan fingerprint density at radius 2 is 1.29 bits per heavy atom. The van der Waals surface area contributed by atoms with E-state index in [2.05, 4.69) is 69.1 Å². The largest absolute Gasteiger partial charge is 0.494 e. The van der Waals surface area contributed by atoms with Crippen molar-refractivity contribution < 1.29 is 13.2 Å². The van der Waals surface area contributed by atoms with E-state index in [-0.39, 0.29) is 4.90 Å². The average molecular weight is 675 g/mol. The first-order valence-electron chi connectivity index (χ1n) is 18.5. The van der Waals surface area contributed by atoms with Gasteiger partial charge in [-0.05, 0) is 169 Å². The number of benzene rings is 3. The van der Waals surface area contributed by atoms with Crippen molar-refractivity contribution in [2.24, 2.45) is 17.6 Å². The van der Waals surface area contributed by atoms with Gasteiger partial charge in [0.25, 0.3) is 0 Å². The monoisotopic (exact) mass is 674 g/mol. The topological polar surface area (TPSA) is 87.9 Å². The molecule has 0 amide bonds. The maximum Gasteiger partial charge on any atom is 0.240 e. The number of hydrogen-bond donors (Lipinski definition) is 2. The zero-order valence-corrected chi connectivity index (χ0v) is 29.7. The normalized spacial score (nSPS) is 17.1. The van der Waals surface area contributed by atoms with Gasteiger partial charge in [-0.25, -0.2) is 13.1 Å². The minimum Gasteiger partial charge on any atom is -0.494 e. The molecule has 3 aromatic rings. The van der Waals surface area contributed by atoms with Gasteiger partial charge in [-0.2, -0.15) is 0 Å². The number of ether oxygens (including phenoxy) is 1. The first-order chi connectivity index (χ1) is 23.5. The second kappa shape index (κ2) is 19.4. The van der Waals surface area contributed by atoms with Crippen LogP contribution in [0.3, 0.4) is 0 Å². The molecular formula is C40H58N4O3S. The van der Waals surface area contributed by atoms with Crippen molar-refractivity contribution in [2.45, 2.75) is 75.5 Å². The maximum atomic E-state index is 12.9. The van der Waals surface area contributed by atoms with Crippen molar-refractivity contribution in [1.82, 2.24) is 14.5 Å². The van der Waals surface area contributed by atoms with Crippen LogP contribution in [0.4, 0.5) is 0 Å². The van der Waals surface area contributed by atoms with Gasteiger partial charge in [-0.1, -0.05) is 54.6 Å². The van der Waals surface area contributed by atoms with Gasteiger partial charge in [0, 0.05) is 6.54 Å². The Labute approximate surface area is 290 Å². The second-order valence-corrected chi connectivity index (χ2v) is 15.7. The number of nitrogens with zero attached hydrogens (tertiary/aromatic N) is 2. The summed E-state index contributed by atoms with van der Waals surface area (Å²) in [6.07, 6.45) is 12.3. The Balaban J connectivity index is 0.926. The quantitative estimate of drug-likeness (QED) is 0.145. The lowest BCUT2D eigenvalue weighted by molar-refractivity contribution is 0.183. The van der Waals surface area contributed by atoms with E-state index in [1.807, 2.05) is 0 Å². The third kappa shape index (κ3) is 12.3.